The van der Waals surface area contributed by atoms with Crippen molar-refractivity contribution in [3.05, 3.63) is 56.0 Å². The van der Waals surface area contributed by atoms with E-state index in [0.29, 0.717) is 47.8 Å². The zero-order valence-corrected chi connectivity index (χ0v) is 16.9. The van der Waals surface area contributed by atoms with Crippen molar-refractivity contribution in [2.75, 3.05) is 19.8 Å². The largest absolute Gasteiger partial charge is 0.490 e. The lowest BCUT2D eigenvalue weighted by Crippen LogP contribution is -2.17. The van der Waals surface area contributed by atoms with E-state index in [-0.39, 0.29) is 6.61 Å². The first-order valence-corrected chi connectivity index (χ1v) is 9.43. The molecule has 4 nitrogen and oxygen atoms in total. The molecule has 0 spiro atoms. The number of ether oxygens (including phenoxy) is 2. The normalized spacial score (nSPS) is 10.8. The van der Waals surface area contributed by atoms with Gasteiger partial charge in [0.05, 0.1) is 23.3 Å². The van der Waals surface area contributed by atoms with Crippen LogP contribution in [0.3, 0.4) is 0 Å². The number of hydrogen-bond acceptors (Lipinski definition) is 4. The minimum Gasteiger partial charge on any atom is -0.490 e. The van der Waals surface area contributed by atoms with E-state index < -0.39 is 0 Å². The van der Waals surface area contributed by atoms with E-state index in [1.54, 1.807) is 12.1 Å². The van der Waals surface area contributed by atoms with Gasteiger partial charge in [0.25, 0.3) is 0 Å². The van der Waals surface area contributed by atoms with Gasteiger partial charge >= 0.3 is 0 Å². The van der Waals surface area contributed by atoms with Crippen molar-refractivity contribution in [1.82, 2.24) is 5.32 Å². The molecule has 2 N–H and O–H groups in total. The highest BCUT2D eigenvalue weighted by molar-refractivity contribution is 9.10. The Balaban J connectivity index is 2.14. The second-order valence-electron chi connectivity index (χ2n) is 5.26. The van der Waals surface area contributed by atoms with Crippen LogP contribution in [-0.4, -0.2) is 24.9 Å². The van der Waals surface area contributed by atoms with Gasteiger partial charge in [0.2, 0.25) is 0 Å². The Morgan fingerprint density at radius 2 is 1.84 bits per heavy atom. The SMILES string of the molecule is CCOc1cc(CNCCO)c(Br)cc1OCc1ccc(Cl)c(Cl)c1. The van der Waals surface area contributed by atoms with Crippen LogP contribution in [0.1, 0.15) is 18.1 Å². The van der Waals surface area contributed by atoms with E-state index in [1.165, 1.54) is 0 Å². The lowest BCUT2D eigenvalue weighted by Gasteiger charge is -2.15. The molecule has 0 heterocycles. The van der Waals surface area contributed by atoms with E-state index in [0.717, 1.165) is 15.6 Å². The number of aliphatic hydroxyl groups excluding tert-OH is 1. The zero-order valence-electron chi connectivity index (χ0n) is 13.8. The molecule has 0 aromatic heterocycles. The molecule has 0 radical (unpaired) electrons. The third-order valence-corrected chi connectivity index (χ3v) is 4.87. The van der Waals surface area contributed by atoms with E-state index >= 15 is 0 Å². The van der Waals surface area contributed by atoms with Crippen LogP contribution in [0.15, 0.2) is 34.8 Å². The van der Waals surface area contributed by atoms with Crippen molar-refractivity contribution in [3.8, 4) is 11.5 Å². The standard InChI is InChI=1S/C18H20BrCl2NO3/c1-2-24-17-8-13(10-22-5-6-23)14(19)9-18(17)25-11-12-3-4-15(20)16(21)7-12/h3-4,7-9,22-23H,2,5-6,10-11H2,1H3. The predicted molar refractivity (Wildman–Crippen MR) is 105 cm³/mol. The average molecular weight is 449 g/mol. The number of nitrogens with one attached hydrogen (secondary N) is 1. The summed E-state index contributed by atoms with van der Waals surface area (Å²) >= 11 is 15.5. The van der Waals surface area contributed by atoms with Crippen LogP contribution in [0.5, 0.6) is 11.5 Å². The van der Waals surface area contributed by atoms with Crippen LogP contribution in [-0.2, 0) is 13.2 Å². The number of aliphatic hydroxyl groups is 1. The molecule has 0 saturated heterocycles. The van der Waals surface area contributed by atoms with Gasteiger partial charge in [-0.3, -0.25) is 0 Å². The monoisotopic (exact) mass is 447 g/mol. The van der Waals surface area contributed by atoms with Gasteiger partial charge in [-0.2, -0.15) is 0 Å². The molecular weight excluding hydrogens is 429 g/mol. The van der Waals surface area contributed by atoms with Crippen LogP contribution in [0.2, 0.25) is 10.0 Å². The molecule has 0 atom stereocenters. The van der Waals surface area contributed by atoms with E-state index in [2.05, 4.69) is 21.2 Å². The number of rotatable bonds is 9. The van der Waals surface area contributed by atoms with Gasteiger partial charge in [-0.05, 0) is 42.3 Å². The van der Waals surface area contributed by atoms with Gasteiger partial charge in [0.15, 0.2) is 11.5 Å². The van der Waals surface area contributed by atoms with E-state index in [4.69, 9.17) is 37.8 Å². The Morgan fingerprint density at radius 1 is 1.08 bits per heavy atom. The Labute approximate surface area is 166 Å². The first kappa shape index (κ1) is 20.3. The molecule has 7 heteroatoms. The van der Waals surface area contributed by atoms with Gasteiger partial charge in [0, 0.05) is 17.6 Å². The van der Waals surface area contributed by atoms with Crippen molar-refractivity contribution in [2.24, 2.45) is 0 Å². The molecule has 0 fully saturated rings. The average Bonchev–Trinajstić information content (AvgIpc) is 2.59. The minimum atomic E-state index is 0.0980. The lowest BCUT2D eigenvalue weighted by molar-refractivity contribution is 0.268. The zero-order chi connectivity index (χ0) is 18.2. The highest BCUT2D eigenvalue weighted by Crippen LogP contribution is 2.34. The fourth-order valence-electron chi connectivity index (χ4n) is 2.19. The van der Waals surface area contributed by atoms with Gasteiger partial charge in [-0.15, -0.1) is 0 Å². The minimum absolute atomic E-state index is 0.0980. The first-order chi connectivity index (χ1) is 12.0. The molecule has 136 valence electrons. The van der Waals surface area contributed by atoms with Crippen LogP contribution >= 0.6 is 39.1 Å². The third-order valence-electron chi connectivity index (χ3n) is 3.39. The lowest BCUT2D eigenvalue weighted by atomic mass is 10.2. The predicted octanol–water partition coefficient (Wildman–Crippen LogP) is 4.82. The molecule has 2 aromatic rings. The van der Waals surface area contributed by atoms with Crippen LogP contribution in [0.4, 0.5) is 0 Å². The first-order valence-electron chi connectivity index (χ1n) is 7.88. The van der Waals surface area contributed by atoms with Crippen molar-refractivity contribution in [2.45, 2.75) is 20.1 Å². The third kappa shape index (κ3) is 6.04. The topological polar surface area (TPSA) is 50.7 Å². The summed E-state index contributed by atoms with van der Waals surface area (Å²) in [7, 11) is 0. The molecule has 0 saturated carbocycles. The highest BCUT2D eigenvalue weighted by Gasteiger charge is 2.11. The Bertz CT molecular complexity index is 713. The molecule has 0 aliphatic heterocycles. The van der Waals surface area contributed by atoms with Crippen LogP contribution in [0, 0.1) is 0 Å². The van der Waals surface area contributed by atoms with Gasteiger partial charge in [-0.1, -0.05) is 45.2 Å². The quantitative estimate of drug-likeness (QED) is 0.540. The molecule has 0 unspecified atom stereocenters. The molecule has 2 aromatic carbocycles. The molecule has 0 aliphatic carbocycles. The molecule has 2 rings (SSSR count). The fourth-order valence-corrected chi connectivity index (χ4v) is 2.97. The maximum Gasteiger partial charge on any atom is 0.162 e. The maximum atomic E-state index is 8.87. The summed E-state index contributed by atoms with van der Waals surface area (Å²) in [4.78, 5) is 0. The van der Waals surface area contributed by atoms with Crippen molar-refractivity contribution >= 4 is 39.1 Å². The second-order valence-corrected chi connectivity index (χ2v) is 6.93. The van der Waals surface area contributed by atoms with Crippen LogP contribution in [0.25, 0.3) is 0 Å². The smallest absolute Gasteiger partial charge is 0.162 e. The van der Waals surface area contributed by atoms with Gasteiger partial charge < -0.3 is 19.9 Å². The summed E-state index contributed by atoms with van der Waals surface area (Å²) in [5, 5.41) is 13.0. The second kappa shape index (κ2) is 10.2. The van der Waals surface area contributed by atoms with Gasteiger partial charge in [0.1, 0.15) is 6.61 Å². The Hall–Kier alpha value is -0.980. The Morgan fingerprint density at radius 3 is 2.52 bits per heavy atom. The summed E-state index contributed by atoms with van der Waals surface area (Å²) < 4.78 is 12.5. The number of hydrogen-bond donors (Lipinski definition) is 2. The van der Waals surface area contributed by atoms with Crippen molar-refractivity contribution in [1.29, 1.82) is 0 Å². The maximum absolute atomic E-state index is 8.87. The molecule has 0 amide bonds. The van der Waals surface area contributed by atoms with E-state index in [9.17, 15) is 0 Å². The van der Waals surface area contributed by atoms with Gasteiger partial charge in [-0.25, -0.2) is 0 Å². The fraction of sp³-hybridized carbons (Fsp3) is 0.333. The summed E-state index contributed by atoms with van der Waals surface area (Å²) in [5.74, 6) is 1.32. The summed E-state index contributed by atoms with van der Waals surface area (Å²) in [6.45, 7) is 4.06. The van der Waals surface area contributed by atoms with Crippen molar-refractivity contribution < 1.29 is 14.6 Å². The molecular formula is C18H20BrCl2NO3. The van der Waals surface area contributed by atoms with Crippen molar-refractivity contribution in [3.63, 3.8) is 0 Å². The highest BCUT2D eigenvalue weighted by atomic mass is 79.9. The molecule has 0 bridgehead atoms. The summed E-state index contributed by atoms with van der Waals surface area (Å²) in [5.41, 5.74) is 1.94. The molecule has 25 heavy (non-hydrogen) atoms. The van der Waals surface area contributed by atoms with Crippen LogP contribution < -0.4 is 14.8 Å². The summed E-state index contributed by atoms with van der Waals surface area (Å²) in [6, 6.07) is 9.22. The Kier molecular flexibility index (Phi) is 8.33. The number of benzene rings is 2. The summed E-state index contributed by atoms with van der Waals surface area (Å²) in [6.07, 6.45) is 0. The van der Waals surface area contributed by atoms with E-state index in [1.807, 2.05) is 25.1 Å². The number of halogens is 3. The molecule has 0 aliphatic rings.